The van der Waals surface area contributed by atoms with E-state index in [1.807, 2.05) is 12.1 Å². The number of benzene rings is 1. The summed E-state index contributed by atoms with van der Waals surface area (Å²) in [6, 6.07) is 3.80. The minimum absolute atomic E-state index is 0.589. The molecule has 1 atom stereocenters. The van der Waals surface area contributed by atoms with Crippen LogP contribution in [0.1, 0.15) is 19.8 Å². The zero-order chi connectivity index (χ0) is 14.7. The van der Waals surface area contributed by atoms with E-state index in [-0.39, 0.29) is 0 Å². The molecule has 1 unspecified atom stereocenters. The van der Waals surface area contributed by atoms with Crippen LogP contribution in [0.2, 0.25) is 0 Å². The smallest absolute Gasteiger partial charge is 0.163 e. The predicted octanol–water partition coefficient (Wildman–Crippen LogP) is 2.18. The standard InChI is InChI=1S/C16H25N3O2/c1-12(11-19-4-2-3-5-19)10-18-14-9-16-15(8-13(14)17)20-6-7-21-16/h8-9,12,18H,2-7,10-11,17H2,1H3. The van der Waals surface area contributed by atoms with Crippen LogP contribution in [0.3, 0.4) is 0 Å². The maximum absolute atomic E-state index is 6.09. The van der Waals surface area contributed by atoms with Crippen LogP contribution in [-0.4, -0.2) is 44.3 Å². The Morgan fingerprint density at radius 2 is 1.86 bits per heavy atom. The summed E-state index contributed by atoms with van der Waals surface area (Å²) in [4.78, 5) is 2.54. The molecule has 116 valence electrons. The van der Waals surface area contributed by atoms with Crippen molar-refractivity contribution in [3.8, 4) is 11.5 Å². The van der Waals surface area contributed by atoms with Crippen molar-refractivity contribution in [3.05, 3.63) is 12.1 Å². The van der Waals surface area contributed by atoms with Gasteiger partial charge in [0.2, 0.25) is 0 Å². The molecule has 0 saturated carbocycles. The summed E-state index contributed by atoms with van der Waals surface area (Å²) in [5.74, 6) is 2.12. The van der Waals surface area contributed by atoms with Gasteiger partial charge in [-0.3, -0.25) is 0 Å². The summed E-state index contributed by atoms with van der Waals surface area (Å²) >= 11 is 0. The second-order valence-electron chi connectivity index (χ2n) is 6.08. The molecule has 21 heavy (non-hydrogen) atoms. The van der Waals surface area contributed by atoms with E-state index >= 15 is 0 Å². The molecule has 3 N–H and O–H groups in total. The molecule has 1 fully saturated rings. The summed E-state index contributed by atoms with van der Waals surface area (Å²) in [7, 11) is 0. The van der Waals surface area contributed by atoms with Crippen molar-refractivity contribution in [1.82, 2.24) is 4.90 Å². The average Bonchev–Trinajstić information content (AvgIpc) is 2.98. The highest BCUT2D eigenvalue weighted by atomic mass is 16.6. The number of likely N-dealkylation sites (tertiary alicyclic amines) is 1. The van der Waals surface area contributed by atoms with Crippen LogP contribution in [-0.2, 0) is 0 Å². The zero-order valence-corrected chi connectivity index (χ0v) is 12.7. The molecule has 0 spiro atoms. The van der Waals surface area contributed by atoms with Gasteiger partial charge in [0, 0.05) is 25.2 Å². The number of nitrogen functional groups attached to an aromatic ring is 1. The highest BCUT2D eigenvalue weighted by Gasteiger charge is 2.17. The molecule has 1 aromatic rings. The number of nitrogens with one attached hydrogen (secondary N) is 1. The largest absolute Gasteiger partial charge is 0.486 e. The maximum atomic E-state index is 6.09. The lowest BCUT2D eigenvalue weighted by Gasteiger charge is -2.23. The van der Waals surface area contributed by atoms with Crippen molar-refractivity contribution in [2.24, 2.45) is 5.92 Å². The van der Waals surface area contributed by atoms with Crippen molar-refractivity contribution < 1.29 is 9.47 Å². The van der Waals surface area contributed by atoms with Gasteiger partial charge in [-0.25, -0.2) is 0 Å². The summed E-state index contributed by atoms with van der Waals surface area (Å²) < 4.78 is 11.1. The van der Waals surface area contributed by atoms with E-state index in [1.54, 1.807) is 0 Å². The number of fused-ring (bicyclic) bond motifs is 1. The first-order chi connectivity index (χ1) is 10.2. The Bertz CT molecular complexity index is 487. The van der Waals surface area contributed by atoms with Crippen LogP contribution in [0, 0.1) is 5.92 Å². The maximum Gasteiger partial charge on any atom is 0.163 e. The molecule has 2 heterocycles. The van der Waals surface area contributed by atoms with Crippen molar-refractivity contribution in [2.75, 3.05) is 50.4 Å². The van der Waals surface area contributed by atoms with Crippen LogP contribution >= 0.6 is 0 Å². The molecule has 5 nitrogen and oxygen atoms in total. The third-order valence-corrected chi connectivity index (χ3v) is 4.12. The minimum atomic E-state index is 0.589. The van der Waals surface area contributed by atoms with Gasteiger partial charge in [0.25, 0.3) is 0 Å². The summed E-state index contributed by atoms with van der Waals surface area (Å²) in [6.45, 7) is 8.03. The number of ether oxygens (including phenoxy) is 2. The number of hydrogen-bond donors (Lipinski definition) is 2. The summed E-state index contributed by atoms with van der Waals surface area (Å²) in [5, 5.41) is 3.45. The number of nitrogens with zero attached hydrogens (tertiary/aromatic N) is 1. The molecule has 1 saturated heterocycles. The fourth-order valence-corrected chi connectivity index (χ4v) is 3.01. The SMILES string of the molecule is CC(CNc1cc2c(cc1N)OCCO2)CN1CCCC1. The van der Waals surface area contributed by atoms with E-state index in [4.69, 9.17) is 15.2 Å². The third kappa shape index (κ3) is 3.53. The summed E-state index contributed by atoms with van der Waals surface area (Å²) in [5.41, 5.74) is 7.74. The van der Waals surface area contributed by atoms with Crippen LogP contribution in [0.5, 0.6) is 11.5 Å². The van der Waals surface area contributed by atoms with Crippen LogP contribution < -0.4 is 20.5 Å². The first-order valence-electron chi connectivity index (χ1n) is 7.88. The third-order valence-electron chi connectivity index (χ3n) is 4.12. The number of rotatable bonds is 5. The summed E-state index contributed by atoms with van der Waals surface area (Å²) in [6.07, 6.45) is 2.69. The molecule has 3 rings (SSSR count). The van der Waals surface area contributed by atoms with E-state index in [9.17, 15) is 0 Å². The van der Waals surface area contributed by atoms with Gasteiger partial charge in [-0.1, -0.05) is 6.92 Å². The zero-order valence-electron chi connectivity index (χ0n) is 12.7. The van der Waals surface area contributed by atoms with Crippen LogP contribution in [0.15, 0.2) is 12.1 Å². The lowest BCUT2D eigenvalue weighted by molar-refractivity contribution is 0.172. The normalized spacial score (nSPS) is 19.5. The second-order valence-corrected chi connectivity index (χ2v) is 6.08. The average molecular weight is 291 g/mol. The fraction of sp³-hybridized carbons (Fsp3) is 0.625. The van der Waals surface area contributed by atoms with Gasteiger partial charge >= 0.3 is 0 Å². The van der Waals surface area contributed by atoms with Gasteiger partial charge < -0.3 is 25.4 Å². The first kappa shape index (κ1) is 14.3. The number of nitrogens with two attached hydrogens (primary N) is 1. The molecule has 1 aromatic carbocycles. The molecule has 0 aliphatic carbocycles. The van der Waals surface area contributed by atoms with Crippen molar-refractivity contribution in [1.29, 1.82) is 0 Å². The monoisotopic (exact) mass is 291 g/mol. The van der Waals surface area contributed by atoms with E-state index in [1.165, 1.54) is 25.9 Å². The van der Waals surface area contributed by atoms with E-state index in [2.05, 4.69) is 17.1 Å². The molecule has 0 bridgehead atoms. The Hall–Kier alpha value is -1.62. The Morgan fingerprint density at radius 3 is 2.57 bits per heavy atom. The predicted molar refractivity (Wildman–Crippen MR) is 85.2 cm³/mol. The fourth-order valence-electron chi connectivity index (χ4n) is 3.01. The molecule has 2 aliphatic heterocycles. The molecule has 0 aromatic heterocycles. The molecule has 5 heteroatoms. The lowest BCUT2D eigenvalue weighted by Crippen LogP contribution is -2.29. The Balaban J connectivity index is 1.56. The van der Waals surface area contributed by atoms with Crippen molar-refractivity contribution in [2.45, 2.75) is 19.8 Å². The van der Waals surface area contributed by atoms with Crippen molar-refractivity contribution >= 4 is 11.4 Å². The van der Waals surface area contributed by atoms with E-state index < -0.39 is 0 Å². The Labute approximate surface area is 126 Å². The Kier molecular flexibility index (Phi) is 4.39. The minimum Gasteiger partial charge on any atom is -0.486 e. The molecule has 0 amide bonds. The van der Waals surface area contributed by atoms with Crippen LogP contribution in [0.4, 0.5) is 11.4 Å². The van der Waals surface area contributed by atoms with Gasteiger partial charge in [-0.05, 0) is 31.8 Å². The molecular weight excluding hydrogens is 266 g/mol. The number of anilines is 2. The van der Waals surface area contributed by atoms with Gasteiger partial charge in [-0.2, -0.15) is 0 Å². The van der Waals surface area contributed by atoms with Crippen molar-refractivity contribution in [3.63, 3.8) is 0 Å². The Morgan fingerprint density at radius 1 is 1.19 bits per heavy atom. The quantitative estimate of drug-likeness (QED) is 0.814. The second kappa shape index (κ2) is 6.43. The van der Waals surface area contributed by atoms with Gasteiger partial charge in [0.1, 0.15) is 13.2 Å². The topological polar surface area (TPSA) is 59.8 Å². The van der Waals surface area contributed by atoms with Gasteiger partial charge in [0.05, 0.1) is 11.4 Å². The van der Waals surface area contributed by atoms with E-state index in [0.29, 0.717) is 24.8 Å². The lowest BCUT2D eigenvalue weighted by atomic mass is 10.1. The van der Waals surface area contributed by atoms with Gasteiger partial charge in [0.15, 0.2) is 11.5 Å². The highest BCUT2D eigenvalue weighted by Crippen LogP contribution is 2.36. The number of hydrogen-bond acceptors (Lipinski definition) is 5. The highest BCUT2D eigenvalue weighted by molar-refractivity contribution is 5.72. The van der Waals surface area contributed by atoms with E-state index in [0.717, 1.165) is 30.3 Å². The first-order valence-corrected chi connectivity index (χ1v) is 7.88. The molecular formula is C16H25N3O2. The van der Waals surface area contributed by atoms with Gasteiger partial charge in [-0.15, -0.1) is 0 Å². The van der Waals surface area contributed by atoms with Crippen LogP contribution in [0.25, 0.3) is 0 Å². The molecule has 0 radical (unpaired) electrons. The molecule has 2 aliphatic rings.